The molecule has 0 bridgehead atoms. The van der Waals surface area contributed by atoms with E-state index in [0.717, 1.165) is 13.1 Å². The van der Waals surface area contributed by atoms with E-state index in [4.69, 9.17) is 0 Å². The van der Waals surface area contributed by atoms with Crippen molar-refractivity contribution in [3.63, 3.8) is 0 Å². The van der Waals surface area contributed by atoms with Crippen molar-refractivity contribution in [1.29, 1.82) is 0 Å². The van der Waals surface area contributed by atoms with Crippen molar-refractivity contribution in [3.05, 3.63) is 28.6 Å². The van der Waals surface area contributed by atoms with Crippen LogP contribution in [0.5, 0.6) is 0 Å². The Balaban J connectivity index is 2.24. The summed E-state index contributed by atoms with van der Waals surface area (Å²) in [7, 11) is 0. The third-order valence-electron chi connectivity index (χ3n) is 2.68. The minimum Gasteiger partial charge on any atom is -0.311 e. The van der Waals surface area contributed by atoms with Gasteiger partial charge < -0.3 is 5.32 Å². The van der Waals surface area contributed by atoms with Gasteiger partial charge in [-0.1, -0.05) is 11.6 Å². The summed E-state index contributed by atoms with van der Waals surface area (Å²) >= 11 is 3.94. The van der Waals surface area contributed by atoms with Crippen LogP contribution in [0.4, 0.5) is 0 Å². The lowest BCUT2D eigenvalue weighted by Crippen LogP contribution is -2.13. The quantitative estimate of drug-likeness (QED) is 0.751. The topological polar surface area (TPSA) is 12.0 Å². The monoisotopic (exact) mass is 235 g/mol. The molecule has 0 fully saturated rings. The minimum absolute atomic E-state index is 1.04. The SMILES string of the molecule is Cc1ccc2sc3c(c2c1)SCCNC3. The van der Waals surface area contributed by atoms with Crippen LogP contribution in [0.15, 0.2) is 23.1 Å². The van der Waals surface area contributed by atoms with E-state index in [1.165, 1.54) is 31.2 Å². The van der Waals surface area contributed by atoms with Crippen molar-refractivity contribution >= 4 is 33.2 Å². The summed E-state index contributed by atoms with van der Waals surface area (Å²) in [6.07, 6.45) is 0. The number of aryl methyl sites for hydroxylation is 1. The lowest BCUT2D eigenvalue weighted by molar-refractivity contribution is 0.742. The molecule has 3 rings (SSSR count). The summed E-state index contributed by atoms with van der Waals surface area (Å²) < 4.78 is 1.43. The normalized spacial score (nSPS) is 16.3. The second-order valence-electron chi connectivity index (χ2n) is 3.88. The first-order valence-corrected chi connectivity index (χ1v) is 7.00. The molecule has 1 nitrogen and oxygen atoms in total. The lowest BCUT2D eigenvalue weighted by Gasteiger charge is -1.98. The van der Waals surface area contributed by atoms with Gasteiger partial charge in [0.1, 0.15) is 0 Å². The molecule has 0 unspecified atom stereocenters. The third kappa shape index (κ3) is 1.69. The van der Waals surface area contributed by atoms with Crippen LogP contribution in [-0.4, -0.2) is 12.3 Å². The highest BCUT2D eigenvalue weighted by Crippen LogP contribution is 2.39. The maximum atomic E-state index is 3.47. The molecular formula is C12H13NS2. The van der Waals surface area contributed by atoms with Gasteiger partial charge in [0.2, 0.25) is 0 Å². The maximum absolute atomic E-state index is 3.47. The van der Waals surface area contributed by atoms with E-state index < -0.39 is 0 Å². The minimum atomic E-state index is 1.04. The molecule has 1 aliphatic rings. The zero-order chi connectivity index (χ0) is 10.3. The van der Waals surface area contributed by atoms with Crippen LogP contribution in [0, 0.1) is 6.92 Å². The van der Waals surface area contributed by atoms with Gasteiger partial charge in [0.15, 0.2) is 0 Å². The Bertz CT molecular complexity index is 502. The molecule has 2 aromatic rings. The van der Waals surface area contributed by atoms with Gasteiger partial charge >= 0.3 is 0 Å². The largest absolute Gasteiger partial charge is 0.311 e. The Morgan fingerprint density at radius 3 is 3.20 bits per heavy atom. The molecule has 0 saturated heterocycles. The van der Waals surface area contributed by atoms with Crippen molar-refractivity contribution in [3.8, 4) is 0 Å². The number of hydrogen-bond donors (Lipinski definition) is 1. The first kappa shape index (κ1) is 9.70. The number of benzene rings is 1. The lowest BCUT2D eigenvalue weighted by atomic mass is 10.2. The molecule has 0 radical (unpaired) electrons. The van der Waals surface area contributed by atoms with Crippen LogP contribution < -0.4 is 5.32 Å². The molecule has 1 aromatic heterocycles. The first-order chi connectivity index (χ1) is 7.34. The van der Waals surface area contributed by atoms with E-state index in [-0.39, 0.29) is 0 Å². The third-order valence-corrected chi connectivity index (χ3v) is 5.14. The van der Waals surface area contributed by atoms with Crippen molar-refractivity contribution in [1.82, 2.24) is 5.32 Å². The van der Waals surface area contributed by atoms with Crippen LogP contribution in [0.3, 0.4) is 0 Å². The molecule has 0 amide bonds. The first-order valence-electron chi connectivity index (χ1n) is 5.20. The van der Waals surface area contributed by atoms with Gasteiger partial charge in [0, 0.05) is 38.7 Å². The summed E-state index contributed by atoms with van der Waals surface area (Å²) in [6.45, 7) is 4.34. The van der Waals surface area contributed by atoms with Gasteiger partial charge in [0.25, 0.3) is 0 Å². The van der Waals surface area contributed by atoms with Crippen molar-refractivity contribution in [2.45, 2.75) is 18.4 Å². The van der Waals surface area contributed by atoms with E-state index in [0.29, 0.717) is 0 Å². The Morgan fingerprint density at radius 2 is 2.27 bits per heavy atom. The van der Waals surface area contributed by atoms with Crippen LogP contribution in [0.2, 0.25) is 0 Å². The fourth-order valence-electron chi connectivity index (χ4n) is 1.94. The highest BCUT2D eigenvalue weighted by molar-refractivity contribution is 7.99. The fourth-order valence-corrected chi connectivity index (χ4v) is 4.37. The van der Waals surface area contributed by atoms with Crippen molar-refractivity contribution < 1.29 is 0 Å². The van der Waals surface area contributed by atoms with E-state index in [1.54, 1.807) is 0 Å². The molecule has 3 heteroatoms. The summed E-state index contributed by atoms with van der Waals surface area (Å²) in [4.78, 5) is 3.03. The molecule has 78 valence electrons. The van der Waals surface area contributed by atoms with E-state index in [2.05, 4.69) is 30.4 Å². The Hall–Kier alpha value is -0.510. The van der Waals surface area contributed by atoms with Gasteiger partial charge in [-0.25, -0.2) is 0 Å². The second kappa shape index (κ2) is 3.81. The zero-order valence-electron chi connectivity index (χ0n) is 8.67. The average molecular weight is 235 g/mol. The molecule has 15 heavy (non-hydrogen) atoms. The highest BCUT2D eigenvalue weighted by atomic mass is 32.2. The molecule has 0 atom stereocenters. The van der Waals surface area contributed by atoms with Gasteiger partial charge in [-0.05, 0) is 19.1 Å². The Morgan fingerprint density at radius 1 is 1.33 bits per heavy atom. The number of fused-ring (bicyclic) bond motifs is 3. The molecule has 1 aliphatic heterocycles. The van der Waals surface area contributed by atoms with E-state index >= 15 is 0 Å². The van der Waals surface area contributed by atoms with Crippen LogP contribution in [0.25, 0.3) is 10.1 Å². The van der Waals surface area contributed by atoms with Crippen molar-refractivity contribution in [2.24, 2.45) is 0 Å². The number of hydrogen-bond acceptors (Lipinski definition) is 3. The second-order valence-corrected chi connectivity index (χ2v) is 6.12. The molecule has 0 saturated carbocycles. The van der Waals surface area contributed by atoms with Gasteiger partial charge in [-0.2, -0.15) is 0 Å². The average Bonchev–Trinajstić information content (AvgIpc) is 2.44. The van der Waals surface area contributed by atoms with Gasteiger partial charge in [-0.15, -0.1) is 23.1 Å². The predicted molar refractivity (Wildman–Crippen MR) is 69.0 cm³/mol. The fraction of sp³-hybridized carbons (Fsp3) is 0.333. The number of nitrogens with one attached hydrogen (secondary N) is 1. The summed E-state index contributed by atoms with van der Waals surface area (Å²) in [5.74, 6) is 1.19. The summed E-state index contributed by atoms with van der Waals surface area (Å²) in [5, 5.41) is 4.93. The number of rotatable bonds is 0. The number of thiophene rings is 1. The zero-order valence-corrected chi connectivity index (χ0v) is 10.3. The summed E-state index contributed by atoms with van der Waals surface area (Å²) in [5.41, 5.74) is 1.36. The molecule has 1 aromatic carbocycles. The van der Waals surface area contributed by atoms with Crippen LogP contribution >= 0.6 is 23.1 Å². The standard InChI is InChI=1S/C12H13NS2/c1-8-2-3-10-9(6-8)12-11(15-10)7-13-4-5-14-12/h2-3,6,13H,4-5,7H2,1H3. The summed E-state index contributed by atoms with van der Waals surface area (Å²) in [6, 6.07) is 6.78. The number of thioether (sulfide) groups is 1. The van der Waals surface area contributed by atoms with Crippen molar-refractivity contribution in [2.75, 3.05) is 12.3 Å². The molecular weight excluding hydrogens is 222 g/mol. The van der Waals surface area contributed by atoms with Gasteiger partial charge in [0.05, 0.1) is 0 Å². The van der Waals surface area contributed by atoms with Crippen LogP contribution in [-0.2, 0) is 6.54 Å². The molecule has 0 spiro atoms. The smallest absolute Gasteiger partial charge is 0.0358 e. The molecule has 0 aliphatic carbocycles. The van der Waals surface area contributed by atoms with E-state index in [1.807, 2.05) is 23.1 Å². The van der Waals surface area contributed by atoms with Gasteiger partial charge in [-0.3, -0.25) is 0 Å². The molecule has 1 N–H and O–H groups in total. The van der Waals surface area contributed by atoms with E-state index in [9.17, 15) is 0 Å². The molecule has 2 heterocycles. The Kier molecular flexibility index (Phi) is 2.47. The maximum Gasteiger partial charge on any atom is 0.0358 e. The predicted octanol–water partition coefficient (Wildman–Crippen LogP) is 3.41. The van der Waals surface area contributed by atoms with Crippen LogP contribution in [0.1, 0.15) is 10.4 Å². The highest BCUT2D eigenvalue weighted by Gasteiger charge is 2.14. The Labute approximate surface area is 97.9 Å².